The van der Waals surface area contributed by atoms with E-state index in [4.69, 9.17) is 30.5 Å². The molecule has 0 bridgehead atoms. The molecule has 0 spiro atoms. The van der Waals surface area contributed by atoms with Gasteiger partial charge >= 0.3 is 5.97 Å². The minimum atomic E-state index is -0.570. The van der Waals surface area contributed by atoms with Crippen molar-refractivity contribution in [2.45, 2.75) is 13.0 Å². The van der Waals surface area contributed by atoms with Gasteiger partial charge in [0.1, 0.15) is 17.2 Å². The third kappa shape index (κ3) is 6.49. The minimum absolute atomic E-state index is 0.200. The van der Waals surface area contributed by atoms with Crippen molar-refractivity contribution < 1.29 is 28.5 Å². The molecule has 180 valence electrons. The second-order valence-corrected chi connectivity index (χ2v) is 7.61. The highest BCUT2D eigenvalue weighted by molar-refractivity contribution is 6.32. The molecule has 0 atom stereocenters. The Morgan fingerprint density at radius 1 is 1.03 bits per heavy atom. The molecule has 9 nitrogen and oxygen atoms in total. The van der Waals surface area contributed by atoms with Crippen LogP contribution in [0.25, 0.3) is 0 Å². The quantitative estimate of drug-likeness (QED) is 0.321. The fraction of sp³-hybridized carbons (Fsp3) is 0.292. The van der Waals surface area contributed by atoms with Crippen LogP contribution in [0.5, 0.6) is 11.5 Å². The van der Waals surface area contributed by atoms with Gasteiger partial charge in [0.2, 0.25) is 0 Å². The van der Waals surface area contributed by atoms with Crippen molar-refractivity contribution in [2.24, 2.45) is 0 Å². The zero-order valence-corrected chi connectivity index (χ0v) is 19.9. The highest BCUT2D eigenvalue weighted by Gasteiger charge is 2.18. The predicted molar refractivity (Wildman–Crippen MR) is 127 cm³/mol. The van der Waals surface area contributed by atoms with E-state index in [1.807, 2.05) is 24.3 Å². The molecule has 10 heteroatoms. The molecule has 3 rings (SSSR count). The van der Waals surface area contributed by atoms with E-state index in [2.05, 4.69) is 10.4 Å². The number of nitrogens with zero attached hydrogens (tertiary/aromatic N) is 2. The summed E-state index contributed by atoms with van der Waals surface area (Å²) in [7, 11) is 4.49. The van der Waals surface area contributed by atoms with Crippen LogP contribution in [0, 0.1) is 0 Å². The van der Waals surface area contributed by atoms with Gasteiger partial charge < -0.3 is 24.3 Å². The zero-order valence-electron chi connectivity index (χ0n) is 19.2. The molecular weight excluding hydrogens is 462 g/mol. The lowest BCUT2D eigenvalue weighted by atomic mass is 10.2. The van der Waals surface area contributed by atoms with E-state index >= 15 is 0 Å². The van der Waals surface area contributed by atoms with E-state index in [9.17, 15) is 9.59 Å². The van der Waals surface area contributed by atoms with Gasteiger partial charge in [-0.3, -0.25) is 9.48 Å². The van der Waals surface area contributed by atoms with Crippen molar-refractivity contribution in [1.29, 1.82) is 0 Å². The van der Waals surface area contributed by atoms with E-state index in [0.717, 1.165) is 17.7 Å². The van der Waals surface area contributed by atoms with Crippen molar-refractivity contribution in [1.82, 2.24) is 9.78 Å². The molecule has 1 N–H and O–H groups in total. The maximum atomic E-state index is 12.8. The lowest BCUT2D eigenvalue weighted by molar-refractivity contribution is 0.0587. The number of hydrogen-bond acceptors (Lipinski definition) is 7. The summed E-state index contributed by atoms with van der Waals surface area (Å²) in [4.78, 5) is 25.0. The van der Waals surface area contributed by atoms with Gasteiger partial charge in [-0.1, -0.05) is 23.7 Å². The summed E-state index contributed by atoms with van der Waals surface area (Å²) >= 11 is 6.26. The number of nitrogens with one attached hydrogen (secondary N) is 1. The van der Waals surface area contributed by atoms with Crippen LogP contribution in [0.4, 0.5) is 5.82 Å². The predicted octanol–water partition coefficient (Wildman–Crippen LogP) is 4.05. The van der Waals surface area contributed by atoms with Crippen LogP contribution in [0.15, 0.2) is 48.5 Å². The van der Waals surface area contributed by atoms with Crippen LogP contribution >= 0.6 is 11.6 Å². The number of anilines is 1. The third-order valence-corrected chi connectivity index (χ3v) is 5.15. The number of carbonyl (C=O) groups is 2. The topological polar surface area (TPSA) is 101 Å². The standard InChI is InChI=1S/C24H26ClN3O6/c1-31-11-4-12-34-21-10-7-17(13-19(21)25)23(29)26-22-14-20(24(30)33-3)28(27-22)15-16-5-8-18(32-2)9-6-16/h5-10,13-14H,4,11-12,15H2,1-3H3,(H,26,27,29). The van der Waals surface area contributed by atoms with Crippen LogP contribution in [0.3, 0.4) is 0 Å². The fourth-order valence-electron chi connectivity index (χ4n) is 3.10. The first-order valence-electron chi connectivity index (χ1n) is 10.5. The molecule has 1 amide bonds. The van der Waals surface area contributed by atoms with Gasteiger partial charge in [-0.15, -0.1) is 0 Å². The van der Waals surface area contributed by atoms with Gasteiger partial charge in [-0.2, -0.15) is 5.10 Å². The van der Waals surface area contributed by atoms with Gasteiger partial charge in [-0.25, -0.2) is 4.79 Å². The summed E-state index contributed by atoms with van der Waals surface area (Å²) in [6.07, 6.45) is 0.719. The molecule has 0 aliphatic heterocycles. The van der Waals surface area contributed by atoms with Crippen molar-refractivity contribution in [2.75, 3.05) is 39.9 Å². The van der Waals surface area contributed by atoms with Crippen LogP contribution in [0.2, 0.25) is 5.02 Å². The Morgan fingerprint density at radius 3 is 2.44 bits per heavy atom. The van der Waals surface area contributed by atoms with E-state index in [1.54, 1.807) is 26.4 Å². The molecule has 34 heavy (non-hydrogen) atoms. The number of amides is 1. The van der Waals surface area contributed by atoms with Crippen molar-refractivity contribution in [3.63, 3.8) is 0 Å². The summed E-state index contributed by atoms with van der Waals surface area (Å²) in [5.74, 6) is 0.397. The Bertz CT molecular complexity index is 1130. The lowest BCUT2D eigenvalue weighted by Gasteiger charge is -2.09. The molecule has 0 aliphatic carbocycles. The maximum absolute atomic E-state index is 12.8. The highest BCUT2D eigenvalue weighted by atomic mass is 35.5. The average molecular weight is 488 g/mol. The fourth-order valence-corrected chi connectivity index (χ4v) is 3.34. The number of carbonyl (C=O) groups excluding carboxylic acids is 2. The van der Waals surface area contributed by atoms with Gasteiger partial charge in [0.25, 0.3) is 5.91 Å². The summed E-state index contributed by atoms with van der Waals surface area (Å²) in [5.41, 5.74) is 1.41. The van der Waals surface area contributed by atoms with Gasteiger partial charge in [0, 0.05) is 31.8 Å². The van der Waals surface area contributed by atoms with Crippen LogP contribution in [-0.4, -0.2) is 56.2 Å². The van der Waals surface area contributed by atoms with E-state index in [-0.39, 0.29) is 11.5 Å². The third-order valence-electron chi connectivity index (χ3n) is 4.85. The number of rotatable bonds is 11. The SMILES string of the molecule is COCCCOc1ccc(C(=O)Nc2cc(C(=O)OC)n(Cc3ccc(OC)cc3)n2)cc1Cl. The summed E-state index contributed by atoms with van der Waals surface area (Å²) in [5, 5.41) is 7.37. The monoisotopic (exact) mass is 487 g/mol. The summed E-state index contributed by atoms with van der Waals surface area (Å²) in [6.45, 7) is 1.32. The van der Waals surface area contributed by atoms with Crippen LogP contribution in [-0.2, 0) is 16.0 Å². The number of aromatic nitrogens is 2. The molecule has 1 heterocycles. The van der Waals surface area contributed by atoms with E-state index < -0.39 is 11.9 Å². The molecule has 0 aliphatic rings. The highest BCUT2D eigenvalue weighted by Crippen LogP contribution is 2.26. The molecule has 0 radical (unpaired) electrons. The maximum Gasteiger partial charge on any atom is 0.356 e. The van der Waals surface area contributed by atoms with Gasteiger partial charge in [0.05, 0.1) is 32.4 Å². The number of methoxy groups -OCH3 is 3. The largest absolute Gasteiger partial charge is 0.497 e. The number of benzene rings is 2. The Labute approximate surface area is 202 Å². The lowest BCUT2D eigenvalue weighted by Crippen LogP contribution is -2.14. The normalized spacial score (nSPS) is 10.6. The number of hydrogen-bond donors (Lipinski definition) is 1. The zero-order chi connectivity index (χ0) is 24.5. The summed E-state index contributed by atoms with van der Waals surface area (Å²) < 4.78 is 22.1. The van der Waals surface area contributed by atoms with Gasteiger partial charge in [-0.05, 0) is 35.9 Å². The molecule has 2 aromatic carbocycles. The van der Waals surface area contributed by atoms with Crippen LogP contribution < -0.4 is 14.8 Å². The number of ether oxygens (including phenoxy) is 4. The average Bonchev–Trinajstić information content (AvgIpc) is 3.24. The van der Waals surface area contributed by atoms with Crippen molar-refractivity contribution in [3.8, 4) is 11.5 Å². The van der Waals surface area contributed by atoms with Crippen molar-refractivity contribution in [3.05, 3.63) is 70.4 Å². The number of halogens is 1. The minimum Gasteiger partial charge on any atom is -0.497 e. The Kier molecular flexibility index (Phi) is 8.89. The Hall–Kier alpha value is -3.56. The second kappa shape index (κ2) is 12.1. The molecule has 0 saturated carbocycles. The Morgan fingerprint density at radius 2 is 1.79 bits per heavy atom. The van der Waals surface area contributed by atoms with Crippen molar-refractivity contribution >= 4 is 29.3 Å². The Balaban J connectivity index is 1.73. The number of esters is 1. The van der Waals surface area contributed by atoms with E-state index in [1.165, 1.54) is 23.9 Å². The first kappa shape index (κ1) is 25.1. The first-order valence-corrected chi connectivity index (χ1v) is 10.8. The smallest absolute Gasteiger partial charge is 0.356 e. The summed E-state index contributed by atoms with van der Waals surface area (Å²) in [6, 6.07) is 13.6. The van der Waals surface area contributed by atoms with E-state index in [0.29, 0.717) is 36.1 Å². The van der Waals surface area contributed by atoms with Crippen LogP contribution in [0.1, 0.15) is 32.8 Å². The molecule has 3 aromatic rings. The first-order chi connectivity index (χ1) is 16.4. The van der Waals surface area contributed by atoms with Gasteiger partial charge in [0.15, 0.2) is 5.82 Å². The molecule has 0 unspecified atom stereocenters. The second-order valence-electron chi connectivity index (χ2n) is 7.21. The molecule has 0 saturated heterocycles. The molecule has 0 fully saturated rings. The molecule has 1 aromatic heterocycles. The molecular formula is C24H26ClN3O6.